The van der Waals surface area contributed by atoms with E-state index in [1.165, 1.54) is 4.68 Å². The number of carboxylic acids is 2. The number of aryl methyl sites for hydroxylation is 1. The second-order valence-corrected chi connectivity index (χ2v) is 5.03. The Kier molecular flexibility index (Phi) is 7.37. The zero-order valence-corrected chi connectivity index (χ0v) is 13.4. The Bertz CT molecular complexity index is 708. The highest BCUT2D eigenvalue weighted by Gasteiger charge is 2.09. The molecule has 24 heavy (non-hydrogen) atoms. The van der Waals surface area contributed by atoms with Crippen molar-refractivity contribution in [3.63, 3.8) is 0 Å². The van der Waals surface area contributed by atoms with Crippen LogP contribution in [0.5, 0.6) is 0 Å². The van der Waals surface area contributed by atoms with Crippen molar-refractivity contribution in [2.45, 2.75) is 13.0 Å². The third kappa shape index (κ3) is 6.44. The van der Waals surface area contributed by atoms with Crippen LogP contribution in [0.4, 0.5) is 0 Å². The maximum absolute atomic E-state index is 11.6. The molecule has 1 heterocycles. The molecule has 0 amide bonds. The van der Waals surface area contributed by atoms with E-state index in [-0.39, 0.29) is 0 Å². The number of carbonyl (C=O) groups is 2. The first-order chi connectivity index (χ1) is 11.3. The monoisotopic (exact) mass is 337 g/mol. The van der Waals surface area contributed by atoms with Crippen molar-refractivity contribution in [2.75, 3.05) is 20.6 Å². The van der Waals surface area contributed by atoms with Crippen LogP contribution in [0.15, 0.2) is 39.5 Å². The number of benzene rings is 1. The van der Waals surface area contributed by atoms with E-state index in [0.29, 0.717) is 12.4 Å². The van der Waals surface area contributed by atoms with Gasteiger partial charge in [0.2, 0.25) is 5.89 Å². The highest BCUT2D eigenvalue weighted by Crippen LogP contribution is 2.13. The molecule has 0 aliphatic rings. The van der Waals surface area contributed by atoms with Gasteiger partial charge in [-0.15, -0.1) is 5.10 Å². The number of aromatic nitrogens is 2. The first kappa shape index (κ1) is 19.1. The largest absolute Gasteiger partial charge is 0.473 e. The highest BCUT2D eigenvalue weighted by atomic mass is 16.4. The van der Waals surface area contributed by atoms with E-state index >= 15 is 0 Å². The SMILES string of the molecule is CN(C)CCCn1nc(-c2ccccc2)oc1=O.O=C(O)C(=O)O. The normalized spacial score (nSPS) is 10.1. The standard InChI is InChI=1S/C13H17N3O2.C2H2O4/c1-15(2)9-6-10-16-13(17)18-12(14-16)11-7-4-3-5-8-11;3-1(4)2(5)6/h3-5,7-8H,6,9-10H2,1-2H3;(H,3,4)(H,5,6). The van der Waals surface area contributed by atoms with Crippen LogP contribution in [-0.4, -0.2) is 57.5 Å². The van der Waals surface area contributed by atoms with Crippen LogP contribution in [0.3, 0.4) is 0 Å². The predicted molar refractivity (Wildman–Crippen MR) is 84.6 cm³/mol. The highest BCUT2D eigenvalue weighted by molar-refractivity contribution is 6.27. The molecule has 2 rings (SSSR count). The molecule has 9 nitrogen and oxygen atoms in total. The molecule has 0 unspecified atom stereocenters. The van der Waals surface area contributed by atoms with Gasteiger partial charge in [-0.05, 0) is 39.2 Å². The molecule has 0 aliphatic carbocycles. The quantitative estimate of drug-likeness (QED) is 0.760. The topological polar surface area (TPSA) is 126 Å². The van der Waals surface area contributed by atoms with Crippen LogP contribution in [0.2, 0.25) is 0 Å². The molecule has 0 spiro atoms. The summed E-state index contributed by atoms with van der Waals surface area (Å²) in [7, 11) is 4.00. The Morgan fingerprint density at radius 1 is 1.17 bits per heavy atom. The molecule has 0 saturated heterocycles. The van der Waals surface area contributed by atoms with Crippen molar-refractivity contribution in [1.82, 2.24) is 14.7 Å². The fourth-order valence-corrected chi connectivity index (χ4v) is 1.68. The van der Waals surface area contributed by atoms with Gasteiger partial charge in [0.15, 0.2) is 0 Å². The Balaban J connectivity index is 0.000000413. The summed E-state index contributed by atoms with van der Waals surface area (Å²) in [5.74, 6) is -3.66. The lowest BCUT2D eigenvalue weighted by Gasteiger charge is -2.07. The van der Waals surface area contributed by atoms with E-state index in [2.05, 4.69) is 10.00 Å². The van der Waals surface area contributed by atoms with Gasteiger partial charge in [0.05, 0.1) is 0 Å². The van der Waals surface area contributed by atoms with Crippen molar-refractivity contribution in [3.05, 3.63) is 40.9 Å². The van der Waals surface area contributed by atoms with Gasteiger partial charge < -0.3 is 19.5 Å². The molecule has 1 aromatic carbocycles. The third-order valence-corrected chi connectivity index (χ3v) is 2.79. The van der Waals surface area contributed by atoms with Crippen LogP contribution < -0.4 is 5.76 Å². The molecule has 2 aromatic rings. The number of nitrogens with zero attached hydrogens (tertiary/aromatic N) is 3. The molecule has 0 atom stereocenters. The Labute approximate surface area is 137 Å². The molecule has 0 saturated carbocycles. The molecular formula is C15H19N3O6. The number of aliphatic carboxylic acids is 2. The van der Waals surface area contributed by atoms with E-state index in [1.54, 1.807) is 0 Å². The summed E-state index contributed by atoms with van der Waals surface area (Å²) in [4.78, 5) is 31.9. The van der Waals surface area contributed by atoms with Crippen molar-refractivity contribution >= 4 is 11.9 Å². The Hall–Kier alpha value is -2.94. The van der Waals surface area contributed by atoms with Crippen LogP contribution in [0, 0.1) is 0 Å². The van der Waals surface area contributed by atoms with Gasteiger partial charge in [0.25, 0.3) is 0 Å². The summed E-state index contributed by atoms with van der Waals surface area (Å²) >= 11 is 0. The molecule has 0 radical (unpaired) electrons. The average molecular weight is 337 g/mol. The molecule has 1 aromatic heterocycles. The maximum Gasteiger partial charge on any atom is 0.437 e. The van der Waals surface area contributed by atoms with Crippen molar-refractivity contribution in [2.24, 2.45) is 0 Å². The molecular weight excluding hydrogens is 318 g/mol. The lowest BCUT2D eigenvalue weighted by Crippen LogP contribution is -2.20. The molecule has 0 fully saturated rings. The summed E-state index contributed by atoms with van der Waals surface area (Å²) in [5.41, 5.74) is 0.820. The fourth-order valence-electron chi connectivity index (χ4n) is 1.68. The summed E-state index contributed by atoms with van der Waals surface area (Å²) < 4.78 is 6.52. The molecule has 0 bridgehead atoms. The second-order valence-electron chi connectivity index (χ2n) is 5.03. The van der Waals surface area contributed by atoms with Crippen LogP contribution >= 0.6 is 0 Å². The Morgan fingerprint density at radius 2 is 1.75 bits per heavy atom. The number of hydrogen-bond donors (Lipinski definition) is 2. The predicted octanol–water partition coefficient (Wildman–Crippen LogP) is 0.611. The van der Waals surface area contributed by atoms with Crippen LogP contribution in [-0.2, 0) is 16.1 Å². The zero-order valence-electron chi connectivity index (χ0n) is 13.4. The van der Waals surface area contributed by atoms with Gasteiger partial charge in [0, 0.05) is 12.1 Å². The van der Waals surface area contributed by atoms with E-state index in [1.807, 2.05) is 44.4 Å². The van der Waals surface area contributed by atoms with Gasteiger partial charge >= 0.3 is 17.7 Å². The Morgan fingerprint density at radius 3 is 2.25 bits per heavy atom. The average Bonchev–Trinajstić information content (AvgIpc) is 2.89. The minimum Gasteiger partial charge on any atom is -0.473 e. The lowest BCUT2D eigenvalue weighted by atomic mass is 10.2. The minimum absolute atomic E-state index is 0.380. The van der Waals surface area contributed by atoms with E-state index in [4.69, 9.17) is 24.2 Å². The molecule has 0 aliphatic heterocycles. The van der Waals surface area contributed by atoms with E-state index in [0.717, 1.165) is 18.5 Å². The van der Waals surface area contributed by atoms with Gasteiger partial charge in [-0.2, -0.15) is 4.68 Å². The van der Waals surface area contributed by atoms with Crippen molar-refractivity contribution in [1.29, 1.82) is 0 Å². The van der Waals surface area contributed by atoms with Crippen molar-refractivity contribution < 1.29 is 24.2 Å². The van der Waals surface area contributed by atoms with Crippen molar-refractivity contribution in [3.8, 4) is 11.5 Å². The number of hydrogen-bond acceptors (Lipinski definition) is 6. The molecule has 2 N–H and O–H groups in total. The van der Waals surface area contributed by atoms with Gasteiger partial charge in [-0.1, -0.05) is 18.2 Å². The smallest absolute Gasteiger partial charge is 0.437 e. The summed E-state index contributed by atoms with van der Waals surface area (Å²) in [6, 6.07) is 9.43. The molecule has 130 valence electrons. The lowest BCUT2D eigenvalue weighted by molar-refractivity contribution is -0.159. The van der Waals surface area contributed by atoms with Crippen LogP contribution in [0.25, 0.3) is 11.5 Å². The second kappa shape index (κ2) is 9.26. The van der Waals surface area contributed by atoms with Gasteiger partial charge in [-0.25, -0.2) is 14.4 Å². The first-order valence-corrected chi connectivity index (χ1v) is 7.05. The third-order valence-electron chi connectivity index (χ3n) is 2.79. The number of rotatable bonds is 5. The number of carboxylic acid groups (broad SMARTS) is 2. The van der Waals surface area contributed by atoms with E-state index in [9.17, 15) is 4.79 Å². The summed E-state index contributed by atoms with van der Waals surface area (Å²) in [6.07, 6.45) is 0.869. The zero-order chi connectivity index (χ0) is 18.1. The summed E-state index contributed by atoms with van der Waals surface area (Å²) in [6.45, 7) is 1.49. The fraction of sp³-hybridized carbons (Fsp3) is 0.333. The van der Waals surface area contributed by atoms with E-state index < -0.39 is 17.7 Å². The minimum atomic E-state index is -1.82. The van der Waals surface area contributed by atoms with Gasteiger partial charge in [-0.3, -0.25) is 0 Å². The summed E-state index contributed by atoms with van der Waals surface area (Å²) in [5, 5.41) is 19.0. The first-order valence-electron chi connectivity index (χ1n) is 7.05. The molecule has 9 heteroatoms. The van der Waals surface area contributed by atoms with Crippen LogP contribution in [0.1, 0.15) is 6.42 Å². The maximum atomic E-state index is 11.6. The van der Waals surface area contributed by atoms with Gasteiger partial charge in [0.1, 0.15) is 0 Å².